The number of carbonyl (C=O) groups excluding carboxylic acids is 1. The van der Waals surface area contributed by atoms with E-state index in [0.717, 1.165) is 28.8 Å². The SMILES string of the molecule is COc1cccc2sc(NC(=O)c3ccc(S(=O)(=O)N4CCCc5ccccc54)cc3)nc12. The summed E-state index contributed by atoms with van der Waals surface area (Å²) in [5.74, 6) is 0.276. The number of rotatable bonds is 5. The number of nitrogens with zero attached hydrogens (tertiary/aromatic N) is 2. The van der Waals surface area contributed by atoms with Gasteiger partial charge in [-0.1, -0.05) is 35.6 Å². The lowest BCUT2D eigenvalue weighted by molar-refractivity contribution is 0.102. The molecule has 2 heterocycles. The maximum atomic E-state index is 13.3. The zero-order valence-corrected chi connectivity index (χ0v) is 19.4. The highest BCUT2D eigenvalue weighted by molar-refractivity contribution is 7.92. The zero-order chi connectivity index (χ0) is 23.0. The minimum atomic E-state index is -3.72. The van der Waals surface area contributed by atoms with Crippen LogP contribution in [-0.4, -0.2) is 33.0 Å². The van der Waals surface area contributed by atoms with Crippen LogP contribution in [-0.2, 0) is 16.4 Å². The first kappa shape index (κ1) is 21.4. The van der Waals surface area contributed by atoms with E-state index in [1.165, 1.54) is 39.9 Å². The van der Waals surface area contributed by atoms with Crippen molar-refractivity contribution in [2.75, 3.05) is 23.3 Å². The molecule has 0 atom stereocenters. The van der Waals surface area contributed by atoms with Crippen LogP contribution < -0.4 is 14.4 Å². The average molecular weight is 480 g/mol. The third-order valence-corrected chi connectivity index (χ3v) is 8.36. The van der Waals surface area contributed by atoms with Crippen LogP contribution in [0.1, 0.15) is 22.3 Å². The fraction of sp³-hybridized carbons (Fsp3) is 0.167. The predicted molar refractivity (Wildman–Crippen MR) is 130 cm³/mol. The molecule has 4 aromatic rings. The number of methoxy groups -OCH3 is 1. The summed E-state index contributed by atoms with van der Waals surface area (Å²) in [5, 5.41) is 3.23. The Morgan fingerprint density at radius 1 is 1.06 bits per heavy atom. The first-order valence-electron chi connectivity index (χ1n) is 10.4. The Bertz CT molecular complexity index is 1450. The summed E-state index contributed by atoms with van der Waals surface area (Å²) in [6.45, 7) is 0.433. The standard InChI is InChI=1S/C24H21N3O4S2/c1-31-20-9-4-10-21-22(20)25-24(32-21)26-23(28)17-11-13-18(14-12-17)33(29,30)27-15-5-7-16-6-2-3-8-19(16)27/h2-4,6,8-14H,5,7,15H2,1H3,(H,25,26,28). The molecule has 7 nitrogen and oxygen atoms in total. The second-order valence-corrected chi connectivity index (χ2v) is 10.5. The Kier molecular flexibility index (Phi) is 5.51. The first-order valence-corrected chi connectivity index (χ1v) is 12.7. The molecule has 1 N–H and O–H groups in total. The number of benzene rings is 3. The number of aromatic nitrogens is 1. The molecular weight excluding hydrogens is 458 g/mol. The quantitative estimate of drug-likeness (QED) is 0.448. The fourth-order valence-corrected chi connectivity index (χ4v) is 6.38. The number of thiazole rings is 1. The number of para-hydroxylation sites is 2. The lowest BCUT2D eigenvalue weighted by Gasteiger charge is -2.30. The summed E-state index contributed by atoms with van der Waals surface area (Å²) in [6.07, 6.45) is 1.63. The molecule has 1 aromatic heterocycles. The summed E-state index contributed by atoms with van der Waals surface area (Å²) in [6, 6.07) is 19.1. The van der Waals surface area contributed by atoms with E-state index in [4.69, 9.17) is 4.74 Å². The van der Waals surface area contributed by atoms with Gasteiger partial charge in [-0.05, 0) is 60.9 Å². The molecule has 0 radical (unpaired) electrons. The van der Waals surface area contributed by atoms with Gasteiger partial charge >= 0.3 is 0 Å². The molecule has 168 valence electrons. The Morgan fingerprint density at radius 3 is 2.64 bits per heavy atom. The number of fused-ring (bicyclic) bond motifs is 2. The molecular formula is C24H21N3O4S2. The molecule has 0 unspecified atom stereocenters. The van der Waals surface area contributed by atoms with E-state index in [2.05, 4.69) is 10.3 Å². The van der Waals surface area contributed by atoms with Gasteiger partial charge in [0.25, 0.3) is 15.9 Å². The molecule has 0 saturated heterocycles. The van der Waals surface area contributed by atoms with E-state index in [0.29, 0.717) is 28.5 Å². The Morgan fingerprint density at radius 2 is 1.85 bits per heavy atom. The number of aryl methyl sites for hydroxylation is 1. The van der Waals surface area contributed by atoms with Gasteiger partial charge in [-0.3, -0.25) is 14.4 Å². The summed E-state index contributed by atoms with van der Waals surface area (Å²) in [5.41, 5.74) is 2.77. The van der Waals surface area contributed by atoms with Crippen LogP contribution in [0, 0.1) is 0 Å². The molecule has 0 fully saturated rings. The van der Waals surface area contributed by atoms with Gasteiger partial charge in [0.15, 0.2) is 5.13 Å². The molecule has 0 aliphatic carbocycles. The van der Waals surface area contributed by atoms with E-state index >= 15 is 0 Å². The van der Waals surface area contributed by atoms with Crippen molar-refractivity contribution in [3.05, 3.63) is 77.9 Å². The molecule has 0 saturated carbocycles. The van der Waals surface area contributed by atoms with Crippen molar-refractivity contribution in [2.45, 2.75) is 17.7 Å². The summed E-state index contributed by atoms with van der Waals surface area (Å²) in [7, 11) is -2.15. The molecule has 1 amide bonds. The molecule has 33 heavy (non-hydrogen) atoms. The van der Waals surface area contributed by atoms with Crippen molar-refractivity contribution in [1.29, 1.82) is 0 Å². The highest BCUT2D eigenvalue weighted by atomic mass is 32.2. The molecule has 1 aliphatic rings. The van der Waals surface area contributed by atoms with Gasteiger partial charge in [0.05, 0.1) is 22.4 Å². The predicted octanol–water partition coefficient (Wildman–Crippen LogP) is 4.70. The van der Waals surface area contributed by atoms with Gasteiger partial charge in [0, 0.05) is 12.1 Å². The largest absolute Gasteiger partial charge is 0.494 e. The van der Waals surface area contributed by atoms with Crippen LogP contribution in [0.4, 0.5) is 10.8 Å². The summed E-state index contributed by atoms with van der Waals surface area (Å²) < 4.78 is 34.2. The van der Waals surface area contributed by atoms with E-state index in [-0.39, 0.29) is 10.8 Å². The van der Waals surface area contributed by atoms with Crippen LogP contribution in [0.25, 0.3) is 10.2 Å². The number of nitrogens with one attached hydrogen (secondary N) is 1. The van der Waals surface area contributed by atoms with Gasteiger partial charge < -0.3 is 4.74 Å². The van der Waals surface area contributed by atoms with Crippen LogP contribution in [0.2, 0.25) is 0 Å². The second-order valence-electron chi connectivity index (χ2n) is 7.61. The molecule has 1 aliphatic heterocycles. The first-order chi connectivity index (χ1) is 16.0. The van der Waals surface area contributed by atoms with Crippen molar-refractivity contribution in [2.24, 2.45) is 0 Å². The highest BCUT2D eigenvalue weighted by Gasteiger charge is 2.29. The molecule has 0 spiro atoms. The highest BCUT2D eigenvalue weighted by Crippen LogP contribution is 2.33. The van der Waals surface area contributed by atoms with E-state index in [1.807, 2.05) is 42.5 Å². The lowest BCUT2D eigenvalue weighted by atomic mass is 10.0. The maximum absolute atomic E-state index is 13.3. The normalized spacial score (nSPS) is 13.5. The molecule has 9 heteroatoms. The van der Waals surface area contributed by atoms with Crippen molar-refractivity contribution in [3.8, 4) is 5.75 Å². The van der Waals surface area contributed by atoms with Gasteiger partial charge in [-0.2, -0.15) is 0 Å². The summed E-state index contributed by atoms with van der Waals surface area (Å²) in [4.78, 5) is 17.3. The number of amides is 1. The second kappa shape index (κ2) is 8.49. The summed E-state index contributed by atoms with van der Waals surface area (Å²) >= 11 is 1.34. The topological polar surface area (TPSA) is 88.6 Å². The number of hydrogen-bond donors (Lipinski definition) is 1. The minimum absolute atomic E-state index is 0.153. The van der Waals surface area contributed by atoms with E-state index < -0.39 is 10.0 Å². The lowest BCUT2D eigenvalue weighted by Crippen LogP contribution is -2.35. The van der Waals surface area contributed by atoms with Gasteiger partial charge in [0.2, 0.25) is 0 Å². The zero-order valence-electron chi connectivity index (χ0n) is 17.8. The number of ether oxygens (including phenoxy) is 1. The van der Waals surface area contributed by atoms with E-state index in [1.54, 1.807) is 7.11 Å². The van der Waals surface area contributed by atoms with Gasteiger partial charge in [-0.25, -0.2) is 13.4 Å². The maximum Gasteiger partial charge on any atom is 0.264 e. The molecule has 3 aromatic carbocycles. The van der Waals surface area contributed by atoms with Gasteiger partial charge in [-0.15, -0.1) is 0 Å². The number of carbonyl (C=O) groups is 1. The average Bonchev–Trinajstić information content (AvgIpc) is 3.26. The van der Waals surface area contributed by atoms with E-state index in [9.17, 15) is 13.2 Å². The van der Waals surface area contributed by atoms with Crippen LogP contribution in [0.5, 0.6) is 5.75 Å². The molecule has 0 bridgehead atoms. The van der Waals surface area contributed by atoms with Crippen molar-refractivity contribution >= 4 is 48.3 Å². The number of anilines is 2. The Labute approximate surface area is 195 Å². The van der Waals surface area contributed by atoms with Crippen LogP contribution >= 0.6 is 11.3 Å². The fourth-order valence-electron chi connectivity index (χ4n) is 3.97. The third kappa shape index (κ3) is 3.94. The Balaban J connectivity index is 1.37. The third-order valence-electron chi connectivity index (χ3n) is 5.59. The number of hydrogen-bond acceptors (Lipinski definition) is 6. The minimum Gasteiger partial charge on any atom is -0.494 e. The molecule has 5 rings (SSSR count). The Hall–Kier alpha value is -3.43. The van der Waals surface area contributed by atoms with Crippen LogP contribution in [0.3, 0.4) is 0 Å². The van der Waals surface area contributed by atoms with Crippen molar-refractivity contribution in [1.82, 2.24) is 4.98 Å². The van der Waals surface area contributed by atoms with Crippen LogP contribution in [0.15, 0.2) is 71.6 Å². The van der Waals surface area contributed by atoms with Crippen molar-refractivity contribution < 1.29 is 17.9 Å². The monoisotopic (exact) mass is 479 g/mol. The number of sulfonamides is 1. The smallest absolute Gasteiger partial charge is 0.264 e. The van der Waals surface area contributed by atoms with Gasteiger partial charge in [0.1, 0.15) is 11.3 Å². The van der Waals surface area contributed by atoms with Crippen molar-refractivity contribution in [3.63, 3.8) is 0 Å².